The fourth-order valence-corrected chi connectivity index (χ4v) is 5.73. The van der Waals surface area contributed by atoms with Crippen LogP contribution in [0.3, 0.4) is 0 Å². The minimum absolute atomic E-state index is 0.274. The zero-order valence-electron chi connectivity index (χ0n) is 14.8. The van der Waals surface area contributed by atoms with Crippen molar-refractivity contribution in [1.82, 2.24) is 9.88 Å². The van der Waals surface area contributed by atoms with Gasteiger partial charge in [0.1, 0.15) is 12.0 Å². The molecule has 1 saturated heterocycles. The summed E-state index contributed by atoms with van der Waals surface area (Å²) in [6.07, 6.45) is 7.10. The zero-order chi connectivity index (χ0) is 17.0. The molecule has 5 rings (SSSR count). The number of piperidine rings is 1. The second kappa shape index (κ2) is 5.87. The highest BCUT2D eigenvalue weighted by molar-refractivity contribution is 5.86. The van der Waals surface area contributed by atoms with Gasteiger partial charge in [0, 0.05) is 41.7 Å². The van der Waals surface area contributed by atoms with E-state index in [4.69, 9.17) is 4.74 Å². The molecule has 4 heteroatoms. The number of carbonyl (C=O) groups is 1. The van der Waals surface area contributed by atoms with E-state index in [1.807, 2.05) is 0 Å². The monoisotopic (exact) mass is 338 g/mol. The summed E-state index contributed by atoms with van der Waals surface area (Å²) >= 11 is 0. The van der Waals surface area contributed by atoms with Gasteiger partial charge in [-0.3, -0.25) is 4.90 Å². The van der Waals surface area contributed by atoms with Gasteiger partial charge in [-0.05, 0) is 55.2 Å². The van der Waals surface area contributed by atoms with E-state index in [1.165, 1.54) is 41.3 Å². The number of methoxy groups -OCH3 is 1. The van der Waals surface area contributed by atoms with Gasteiger partial charge in [-0.15, -0.1) is 0 Å². The van der Waals surface area contributed by atoms with Crippen molar-refractivity contribution < 1.29 is 9.53 Å². The molecule has 3 heterocycles. The normalized spacial score (nSPS) is 31.9. The molecule has 4 nitrogen and oxygen atoms in total. The fourth-order valence-electron chi connectivity index (χ4n) is 5.73. The SMILES string of the molecule is COc1ccc2c3c([nH]c2c1)[C@H]1C[C@H]2[C@H](CCC[C@H]2C=O)CN1CC3. The Balaban J connectivity index is 1.54. The Morgan fingerprint density at radius 3 is 3.08 bits per heavy atom. The first-order valence-electron chi connectivity index (χ1n) is 9.66. The molecule has 3 aliphatic rings. The minimum atomic E-state index is 0.274. The molecule has 0 amide bonds. The molecule has 2 aromatic rings. The van der Waals surface area contributed by atoms with Crippen molar-refractivity contribution in [2.45, 2.75) is 38.1 Å². The number of carbonyl (C=O) groups excluding carboxylic acids is 1. The molecular weight excluding hydrogens is 312 g/mol. The van der Waals surface area contributed by atoms with Crippen molar-refractivity contribution in [3.8, 4) is 5.75 Å². The number of aromatic nitrogens is 1. The van der Waals surface area contributed by atoms with Gasteiger partial charge < -0.3 is 14.5 Å². The summed E-state index contributed by atoms with van der Waals surface area (Å²) in [7, 11) is 1.72. The number of rotatable bonds is 2. The van der Waals surface area contributed by atoms with Crippen molar-refractivity contribution in [3.05, 3.63) is 29.5 Å². The maximum absolute atomic E-state index is 11.6. The van der Waals surface area contributed by atoms with Gasteiger partial charge in [0.25, 0.3) is 0 Å². The summed E-state index contributed by atoms with van der Waals surface area (Å²) in [5.74, 6) is 2.46. The van der Waals surface area contributed by atoms with Crippen molar-refractivity contribution in [2.24, 2.45) is 17.8 Å². The van der Waals surface area contributed by atoms with Crippen LogP contribution in [0.4, 0.5) is 0 Å². The molecule has 0 spiro atoms. The van der Waals surface area contributed by atoms with Crippen LogP contribution >= 0.6 is 0 Å². The van der Waals surface area contributed by atoms with Crippen LogP contribution in [0.1, 0.15) is 43.0 Å². The number of hydrogen-bond acceptors (Lipinski definition) is 3. The third-order valence-electron chi connectivity index (χ3n) is 6.98. The van der Waals surface area contributed by atoms with Crippen LogP contribution in [-0.4, -0.2) is 36.4 Å². The van der Waals surface area contributed by atoms with Gasteiger partial charge >= 0.3 is 0 Å². The summed E-state index contributed by atoms with van der Waals surface area (Å²) in [4.78, 5) is 18.0. The lowest BCUT2D eigenvalue weighted by atomic mass is 9.66. The largest absolute Gasteiger partial charge is 0.497 e. The first kappa shape index (κ1) is 15.4. The van der Waals surface area contributed by atoms with E-state index in [-0.39, 0.29) is 5.92 Å². The molecule has 25 heavy (non-hydrogen) atoms. The molecule has 2 aliphatic heterocycles. The molecule has 0 radical (unpaired) electrons. The number of aromatic amines is 1. The molecule has 1 aromatic carbocycles. The highest BCUT2D eigenvalue weighted by Gasteiger charge is 2.44. The van der Waals surface area contributed by atoms with Crippen molar-refractivity contribution in [2.75, 3.05) is 20.2 Å². The molecule has 1 aromatic heterocycles. The van der Waals surface area contributed by atoms with Crippen LogP contribution in [-0.2, 0) is 11.2 Å². The predicted octanol–water partition coefficient (Wildman–Crippen LogP) is 3.71. The van der Waals surface area contributed by atoms with Gasteiger partial charge in [-0.25, -0.2) is 0 Å². The molecule has 0 bridgehead atoms. The van der Waals surface area contributed by atoms with E-state index in [1.54, 1.807) is 7.11 Å². The molecule has 1 aliphatic carbocycles. The number of aldehydes is 1. The number of hydrogen-bond donors (Lipinski definition) is 1. The minimum Gasteiger partial charge on any atom is -0.497 e. The number of ether oxygens (including phenoxy) is 1. The maximum atomic E-state index is 11.6. The molecule has 132 valence electrons. The summed E-state index contributed by atoms with van der Waals surface area (Å²) in [5, 5.41) is 1.34. The summed E-state index contributed by atoms with van der Waals surface area (Å²) in [5.41, 5.74) is 4.06. The maximum Gasteiger partial charge on any atom is 0.123 e. The Bertz CT molecular complexity index is 812. The van der Waals surface area contributed by atoms with Gasteiger partial charge in [0.2, 0.25) is 0 Å². The quantitative estimate of drug-likeness (QED) is 0.849. The number of H-pyrrole nitrogens is 1. The Morgan fingerprint density at radius 2 is 2.24 bits per heavy atom. The fraction of sp³-hybridized carbons (Fsp3) is 0.571. The average molecular weight is 338 g/mol. The van der Waals surface area contributed by atoms with Crippen molar-refractivity contribution in [1.29, 1.82) is 0 Å². The van der Waals surface area contributed by atoms with Crippen LogP contribution in [0.2, 0.25) is 0 Å². The van der Waals surface area contributed by atoms with Crippen LogP contribution < -0.4 is 4.74 Å². The lowest BCUT2D eigenvalue weighted by Crippen LogP contribution is -2.49. The third kappa shape index (κ3) is 2.34. The highest BCUT2D eigenvalue weighted by atomic mass is 16.5. The molecular formula is C21H26N2O2. The average Bonchev–Trinajstić information content (AvgIpc) is 3.04. The van der Waals surface area contributed by atoms with Crippen molar-refractivity contribution >= 4 is 17.2 Å². The van der Waals surface area contributed by atoms with E-state index in [2.05, 4.69) is 28.1 Å². The number of benzene rings is 1. The van der Waals surface area contributed by atoms with Crippen molar-refractivity contribution in [3.63, 3.8) is 0 Å². The first-order valence-corrected chi connectivity index (χ1v) is 9.66. The molecule has 0 unspecified atom stereocenters. The Morgan fingerprint density at radius 1 is 1.32 bits per heavy atom. The smallest absolute Gasteiger partial charge is 0.123 e. The van der Waals surface area contributed by atoms with Gasteiger partial charge in [0.05, 0.1) is 13.2 Å². The van der Waals surface area contributed by atoms with E-state index >= 15 is 0 Å². The summed E-state index contributed by atoms with van der Waals surface area (Å²) in [6, 6.07) is 6.81. The predicted molar refractivity (Wildman–Crippen MR) is 97.9 cm³/mol. The summed E-state index contributed by atoms with van der Waals surface area (Å²) < 4.78 is 5.39. The Labute approximate surface area is 148 Å². The Kier molecular flexibility index (Phi) is 3.63. The second-order valence-electron chi connectivity index (χ2n) is 8.08. The van der Waals surface area contributed by atoms with E-state index in [9.17, 15) is 4.79 Å². The van der Waals surface area contributed by atoms with Gasteiger partial charge in [0.15, 0.2) is 0 Å². The lowest BCUT2D eigenvalue weighted by molar-refractivity contribution is -0.116. The zero-order valence-corrected chi connectivity index (χ0v) is 14.8. The van der Waals surface area contributed by atoms with Crippen LogP contribution in [0.15, 0.2) is 18.2 Å². The van der Waals surface area contributed by atoms with Crippen LogP contribution in [0.5, 0.6) is 5.75 Å². The topological polar surface area (TPSA) is 45.3 Å². The third-order valence-corrected chi connectivity index (χ3v) is 6.98. The molecule has 1 saturated carbocycles. The summed E-state index contributed by atoms with van der Waals surface area (Å²) in [6.45, 7) is 2.31. The number of nitrogens with zero attached hydrogens (tertiary/aromatic N) is 1. The first-order chi connectivity index (χ1) is 12.3. The number of nitrogens with one attached hydrogen (secondary N) is 1. The van der Waals surface area contributed by atoms with Gasteiger partial charge in [-0.1, -0.05) is 6.42 Å². The van der Waals surface area contributed by atoms with Crippen LogP contribution in [0.25, 0.3) is 10.9 Å². The number of fused-ring (bicyclic) bond motifs is 6. The molecule has 1 N–H and O–H groups in total. The molecule has 2 fully saturated rings. The highest BCUT2D eigenvalue weighted by Crippen LogP contribution is 2.48. The van der Waals surface area contributed by atoms with E-state index in [0.717, 1.165) is 38.1 Å². The molecule has 4 atom stereocenters. The Hall–Kier alpha value is -1.81. The van der Waals surface area contributed by atoms with Crippen LogP contribution in [0, 0.1) is 17.8 Å². The second-order valence-corrected chi connectivity index (χ2v) is 8.08. The van der Waals surface area contributed by atoms with Gasteiger partial charge in [-0.2, -0.15) is 0 Å². The lowest BCUT2D eigenvalue weighted by Gasteiger charge is -2.49. The van der Waals surface area contributed by atoms with E-state index < -0.39 is 0 Å². The standard InChI is InChI=1S/C21H26N2O2/c1-25-15-5-6-16-17-7-8-23-11-13-3-2-4-14(12-24)18(13)10-20(23)21(17)22-19(16)9-15/h5-6,9,12-14,18,20,22H,2-4,7-8,10-11H2,1H3/t13-,14+,18+,20-/m1/s1. The van der Waals surface area contributed by atoms with E-state index in [0.29, 0.717) is 17.9 Å².